The summed E-state index contributed by atoms with van der Waals surface area (Å²) < 4.78 is 12.7. The normalized spacial score (nSPS) is 10.1. The Morgan fingerprint density at radius 2 is 2.25 bits per heavy atom. The molecule has 0 aliphatic rings. The van der Waals surface area contributed by atoms with Crippen molar-refractivity contribution in [2.45, 2.75) is 0 Å². The van der Waals surface area contributed by atoms with E-state index in [1.165, 1.54) is 12.1 Å². The average Bonchev–Trinajstić information content (AvgIpc) is 2.56. The van der Waals surface area contributed by atoms with Crippen LogP contribution in [-0.4, -0.2) is 0 Å². The predicted molar refractivity (Wildman–Crippen MR) is 48.5 cm³/mol. The largest absolute Gasteiger partial charge is 0.207 e. The third kappa shape index (κ3) is 1.38. The zero-order chi connectivity index (χ0) is 8.39. The molecule has 0 atom stereocenters. The maximum atomic E-state index is 12.7. The van der Waals surface area contributed by atoms with Crippen LogP contribution in [0.25, 0.3) is 10.4 Å². The van der Waals surface area contributed by atoms with Crippen LogP contribution in [0.4, 0.5) is 4.39 Å². The average molecular weight is 177 g/mol. The molecule has 0 fully saturated rings. The third-order valence-corrected chi connectivity index (χ3v) is 2.45. The maximum absolute atomic E-state index is 12.7. The van der Waals surface area contributed by atoms with Gasteiger partial charge in [-0.05, 0) is 29.6 Å². The van der Waals surface area contributed by atoms with E-state index in [0.717, 1.165) is 10.4 Å². The summed E-state index contributed by atoms with van der Waals surface area (Å²) in [6.45, 7) is 0. The summed E-state index contributed by atoms with van der Waals surface area (Å²) in [6, 6.07) is 11.4. The highest BCUT2D eigenvalue weighted by Gasteiger charge is 1.98. The molecular weight excluding hydrogens is 171 g/mol. The lowest BCUT2D eigenvalue weighted by Crippen LogP contribution is -1.75. The molecule has 1 aromatic heterocycles. The minimum Gasteiger partial charge on any atom is -0.207 e. The lowest BCUT2D eigenvalue weighted by Gasteiger charge is -1.94. The van der Waals surface area contributed by atoms with Gasteiger partial charge < -0.3 is 0 Å². The minimum absolute atomic E-state index is 0.211. The highest BCUT2D eigenvalue weighted by Crippen LogP contribution is 2.24. The molecule has 2 aromatic rings. The van der Waals surface area contributed by atoms with E-state index in [0.29, 0.717) is 0 Å². The molecule has 12 heavy (non-hydrogen) atoms. The SMILES string of the molecule is Fc1cc[c]c(-c2cccs2)c1. The molecule has 0 aliphatic heterocycles. The molecule has 0 N–H and O–H groups in total. The van der Waals surface area contributed by atoms with Gasteiger partial charge in [-0.2, -0.15) is 0 Å². The fourth-order valence-electron chi connectivity index (χ4n) is 1.01. The second kappa shape index (κ2) is 3.07. The van der Waals surface area contributed by atoms with E-state index in [4.69, 9.17) is 0 Å². The van der Waals surface area contributed by atoms with Crippen molar-refractivity contribution in [1.29, 1.82) is 0 Å². The molecular formula is C10H6FS. The van der Waals surface area contributed by atoms with Crippen LogP contribution < -0.4 is 0 Å². The van der Waals surface area contributed by atoms with Crippen molar-refractivity contribution in [3.8, 4) is 10.4 Å². The topological polar surface area (TPSA) is 0 Å². The van der Waals surface area contributed by atoms with Crippen molar-refractivity contribution in [2.24, 2.45) is 0 Å². The molecule has 0 spiro atoms. The Bertz CT molecular complexity index is 365. The summed E-state index contributed by atoms with van der Waals surface area (Å²) in [7, 11) is 0. The Morgan fingerprint density at radius 1 is 1.33 bits per heavy atom. The minimum atomic E-state index is -0.211. The quantitative estimate of drug-likeness (QED) is 0.626. The molecule has 0 bridgehead atoms. The van der Waals surface area contributed by atoms with Gasteiger partial charge in [-0.15, -0.1) is 11.3 Å². The van der Waals surface area contributed by atoms with Gasteiger partial charge >= 0.3 is 0 Å². The van der Waals surface area contributed by atoms with Gasteiger partial charge in [0.2, 0.25) is 0 Å². The summed E-state index contributed by atoms with van der Waals surface area (Å²) in [5.74, 6) is -0.211. The smallest absolute Gasteiger partial charge is 0.123 e. The second-order valence-corrected chi connectivity index (χ2v) is 3.35. The molecule has 0 amide bonds. The van der Waals surface area contributed by atoms with Gasteiger partial charge in [0.05, 0.1) is 0 Å². The highest BCUT2D eigenvalue weighted by molar-refractivity contribution is 7.13. The summed E-state index contributed by atoms with van der Waals surface area (Å²) in [5.41, 5.74) is 0.824. The molecule has 2 rings (SSSR count). The number of hydrogen-bond donors (Lipinski definition) is 0. The van der Waals surface area contributed by atoms with E-state index in [-0.39, 0.29) is 5.82 Å². The number of hydrogen-bond acceptors (Lipinski definition) is 1. The van der Waals surface area contributed by atoms with Gasteiger partial charge in [0.1, 0.15) is 5.82 Å². The zero-order valence-corrected chi connectivity index (χ0v) is 7.07. The molecule has 1 heterocycles. The fraction of sp³-hybridized carbons (Fsp3) is 0. The van der Waals surface area contributed by atoms with Crippen LogP contribution in [0.3, 0.4) is 0 Å². The molecule has 1 aromatic carbocycles. The van der Waals surface area contributed by atoms with Crippen LogP contribution in [0.15, 0.2) is 35.7 Å². The molecule has 0 aliphatic carbocycles. The Balaban J connectivity index is 2.48. The van der Waals surface area contributed by atoms with Crippen molar-refractivity contribution < 1.29 is 4.39 Å². The first-order chi connectivity index (χ1) is 5.86. The van der Waals surface area contributed by atoms with E-state index in [9.17, 15) is 4.39 Å². The van der Waals surface area contributed by atoms with Crippen molar-refractivity contribution in [1.82, 2.24) is 0 Å². The molecule has 1 radical (unpaired) electrons. The number of rotatable bonds is 1. The van der Waals surface area contributed by atoms with Gasteiger partial charge in [0.15, 0.2) is 0 Å². The van der Waals surface area contributed by atoms with E-state index >= 15 is 0 Å². The summed E-state index contributed by atoms with van der Waals surface area (Å²) in [6.07, 6.45) is 0. The fourth-order valence-corrected chi connectivity index (χ4v) is 1.72. The van der Waals surface area contributed by atoms with Crippen LogP contribution in [-0.2, 0) is 0 Å². The standard InChI is InChI=1S/C10H6FS/c11-9-4-1-3-8(7-9)10-5-2-6-12-10/h1-2,4-7H. The lowest BCUT2D eigenvalue weighted by atomic mass is 10.2. The summed E-state index contributed by atoms with van der Waals surface area (Å²) in [4.78, 5) is 1.05. The Hall–Kier alpha value is -1.15. The zero-order valence-electron chi connectivity index (χ0n) is 6.25. The number of thiophene rings is 1. The second-order valence-electron chi connectivity index (χ2n) is 2.40. The van der Waals surface area contributed by atoms with Gasteiger partial charge in [0.25, 0.3) is 0 Å². The van der Waals surface area contributed by atoms with E-state index in [1.807, 2.05) is 17.5 Å². The van der Waals surface area contributed by atoms with E-state index in [1.54, 1.807) is 17.4 Å². The van der Waals surface area contributed by atoms with Crippen molar-refractivity contribution in [3.05, 3.63) is 47.6 Å². The van der Waals surface area contributed by atoms with Crippen LogP contribution in [0.2, 0.25) is 0 Å². The lowest BCUT2D eigenvalue weighted by molar-refractivity contribution is 0.628. The van der Waals surface area contributed by atoms with Gasteiger partial charge in [-0.3, -0.25) is 0 Å². The monoisotopic (exact) mass is 177 g/mol. The van der Waals surface area contributed by atoms with Crippen LogP contribution in [0.1, 0.15) is 0 Å². The Kier molecular flexibility index (Phi) is 1.92. The first kappa shape index (κ1) is 7.50. The molecule has 0 unspecified atom stereocenters. The Labute approximate surface area is 74.3 Å². The van der Waals surface area contributed by atoms with Gasteiger partial charge in [-0.25, -0.2) is 4.39 Å². The first-order valence-electron chi connectivity index (χ1n) is 3.57. The highest BCUT2D eigenvalue weighted by atomic mass is 32.1. The van der Waals surface area contributed by atoms with E-state index in [2.05, 4.69) is 6.07 Å². The van der Waals surface area contributed by atoms with Crippen LogP contribution >= 0.6 is 11.3 Å². The summed E-state index contributed by atoms with van der Waals surface area (Å²) in [5, 5.41) is 1.97. The molecule has 2 heteroatoms. The Morgan fingerprint density at radius 3 is 2.92 bits per heavy atom. The predicted octanol–water partition coefficient (Wildman–Crippen LogP) is 3.35. The van der Waals surface area contributed by atoms with Gasteiger partial charge in [0, 0.05) is 10.4 Å². The number of benzene rings is 1. The van der Waals surface area contributed by atoms with Crippen molar-refractivity contribution >= 4 is 11.3 Å². The molecule has 59 valence electrons. The van der Waals surface area contributed by atoms with Crippen LogP contribution in [0, 0.1) is 11.9 Å². The maximum Gasteiger partial charge on any atom is 0.123 e. The summed E-state index contributed by atoms with van der Waals surface area (Å²) >= 11 is 1.59. The molecule has 0 nitrogen and oxygen atoms in total. The number of halogens is 1. The van der Waals surface area contributed by atoms with E-state index < -0.39 is 0 Å². The first-order valence-corrected chi connectivity index (χ1v) is 4.45. The van der Waals surface area contributed by atoms with Crippen molar-refractivity contribution in [2.75, 3.05) is 0 Å². The molecule has 0 saturated heterocycles. The van der Waals surface area contributed by atoms with Crippen LogP contribution in [0.5, 0.6) is 0 Å². The third-order valence-electron chi connectivity index (χ3n) is 1.55. The van der Waals surface area contributed by atoms with Crippen molar-refractivity contribution in [3.63, 3.8) is 0 Å². The van der Waals surface area contributed by atoms with Gasteiger partial charge in [-0.1, -0.05) is 12.1 Å². The molecule has 0 saturated carbocycles.